The van der Waals surface area contributed by atoms with Gasteiger partial charge in [0.2, 0.25) is 5.91 Å². The number of carbonyl (C=O) groups is 1. The second kappa shape index (κ2) is 7.32. The van der Waals surface area contributed by atoms with Crippen LogP contribution in [0.2, 0.25) is 0 Å². The Labute approximate surface area is 156 Å². The van der Waals surface area contributed by atoms with Crippen LogP contribution >= 0.6 is 0 Å². The minimum absolute atomic E-state index is 0.0308. The number of benzene rings is 2. The summed E-state index contributed by atoms with van der Waals surface area (Å²) in [7, 11) is 0. The van der Waals surface area contributed by atoms with Crippen molar-refractivity contribution in [3.63, 3.8) is 0 Å². The van der Waals surface area contributed by atoms with Gasteiger partial charge in [-0.15, -0.1) is 0 Å². The van der Waals surface area contributed by atoms with Crippen LogP contribution in [0.1, 0.15) is 19.8 Å². The Bertz CT molecular complexity index is 1030. The first-order valence-corrected chi connectivity index (χ1v) is 9.11. The highest BCUT2D eigenvalue weighted by atomic mass is 16.5. The predicted molar refractivity (Wildman–Crippen MR) is 104 cm³/mol. The molecule has 1 aromatic heterocycles. The number of para-hydroxylation sites is 1. The zero-order valence-corrected chi connectivity index (χ0v) is 15.1. The average Bonchev–Trinajstić information content (AvgIpc) is 2.69. The van der Waals surface area contributed by atoms with E-state index in [9.17, 15) is 9.59 Å². The van der Waals surface area contributed by atoms with Crippen molar-refractivity contribution in [3.8, 4) is 5.69 Å². The second-order valence-corrected chi connectivity index (χ2v) is 6.88. The van der Waals surface area contributed by atoms with E-state index >= 15 is 0 Å². The lowest BCUT2D eigenvalue weighted by Gasteiger charge is -2.26. The summed E-state index contributed by atoms with van der Waals surface area (Å²) >= 11 is 0. The maximum Gasteiger partial charge on any atom is 0.265 e. The number of carbonyl (C=O) groups excluding carboxylic acids is 1. The molecule has 0 radical (unpaired) electrons. The first kappa shape index (κ1) is 17.4. The van der Waals surface area contributed by atoms with Gasteiger partial charge < -0.3 is 10.1 Å². The molecule has 4 rings (SSSR count). The second-order valence-electron chi connectivity index (χ2n) is 6.88. The minimum Gasteiger partial charge on any atom is -0.378 e. The van der Waals surface area contributed by atoms with Crippen LogP contribution in [0.3, 0.4) is 0 Å². The van der Waals surface area contributed by atoms with Crippen LogP contribution in [0.25, 0.3) is 16.6 Å². The summed E-state index contributed by atoms with van der Waals surface area (Å²) in [6.45, 7) is 2.58. The molecule has 6 nitrogen and oxygen atoms in total. The van der Waals surface area contributed by atoms with E-state index in [1.54, 1.807) is 18.2 Å². The molecule has 6 heteroatoms. The van der Waals surface area contributed by atoms with E-state index in [4.69, 9.17) is 4.74 Å². The van der Waals surface area contributed by atoms with Gasteiger partial charge in [-0.25, -0.2) is 4.98 Å². The van der Waals surface area contributed by atoms with Gasteiger partial charge in [0, 0.05) is 18.2 Å². The summed E-state index contributed by atoms with van der Waals surface area (Å²) in [5.74, 6) is -0.101. The van der Waals surface area contributed by atoms with Crippen LogP contribution in [-0.2, 0) is 9.53 Å². The van der Waals surface area contributed by atoms with Crippen LogP contribution in [0.5, 0.6) is 0 Å². The van der Waals surface area contributed by atoms with E-state index < -0.39 is 0 Å². The number of nitrogens with zero attached hydrogens (tertiary/aromatic N) is 2. The number of rotatable bonds is 3. The molecule has 0 saturated carbocycles. The van der Waals surface area contributed by atoms with Crippen molar-refractivity contribution in [1.82, 2.24) is 9.55 Å². The summed E-state index contributed by atoms with van der Waals surface area (Å²) in [6.07, 6.45) is 3.05. The zero-order valence-electron chi connectivity index (χ0n) is 15.1. The fraction of sp³-hybridized carbons (Fsp3) is 0.286. The molecule has 27 heavy (non-hydrogen) atoms. The van der Waals surface area contributed by atoms with Gasteiger partial charge in [-0.05, 0) is 50.1 Å². The Morgan fingerprint density at radius 2 is 2.04 bits per heavy atom. The quantitative estimate of drug-likeness (QED) is 0.776. The number of ether oxygens (including phenoxy) is 1. The molecule has 2 aromatic carbocycles. The van der Waals surface area contributed by atoms with Gasteiger partial charge in [-0.3, -0.25) is 14.2 Å². The van der Waals surface area contributed by atoms with Crippen molar-refractivity contribution < 1.29 is 9.53 Å². The number of anilines is 1. The van der Waals surface area contributed by atoms with Crippen molar-refractivity contribution in [2.45, 2.75) is 25.9 Å². The third kappa shape index (κ3) is 3.61. The summed E-state index contributed by atoms with van der Waals surface area (Å²) < 4.78 is 7.01. The van der Waals surface area contributed by atoms with Crippen LogP contribution in [0.4, 0.5) is 5.69 Å². The van der Waals surface area contributed by atoms with Gasteiger partial charge in [0.15, 0.2) is 0 Å². The maximum atomic E-state index is 12.9. The van der Waals surface area contributed by atoms with Crippen molar-refractivity contribution in [3.05, 3.63) is 65.2 Å². The fourth-order valence-electron chi connectivity index (χ4n) is 3.45. The van der Waals surface area contributed by atoms with Crippen molar-refractivity contribution >= 4 is 22.5 Å². The van der Waals surface area contributed by atoms with E-state index in [0.717, 1.165) is 5.69 Å². The summed E-state index contributed by atoms with van der Waals surface area (Å²) in [6, 6.07) is 14.6. The largest absolute Gasteiger partial charge is 0.378 e. The molecule has 1 aliphatic heterocycles. The van der Waals surface area contributed by atoms with Gasteiger partial charge >= 0.3 is 0 Å². The highest BCUT2D eigenvalue weighted by Crippen LogP contribution is 2.22. The first-order valence-electron chi connectivity index (χ1n) is 9.11. The topological polar surface area (TPSA) is 73.2 Å². The van der Waals surface area contributed by atoms with Gasteiger partial charge in [-0.1, -0.05) is 18.2 Å². The molecule has 1 amide bonds. The molecule has 2 unspecified atom stereocenters. The molecule has 1 fully saturated rings. The lowest BCUT2D eigenvalue weighted by molar-refractivity contribution is -0.124. The number of amides is 1. The zero-order chi connectivity index (χ0) is 18.8. The molecular formula is C21H21N3O3. The molecule has 0 spiro atoms. The molecule has 0 bridgehead atoms. The average molecular weight is 363 g/mol. The van der Waals surface area contributed by atoms with E-state index in [-0.39, 0.29) is 23.5 Å². The molecule has 1 aliphatic rings. The number of aromatic nitrogens is 2. The Hall–Kier alpha value is -2.99. The lowest BCUT2D eigenvalue weighted by Crippen LogP contribution is -2.32. The van der Waals surface area contributed by atoms with E-state index in [0.29, 0.717) is 36.0 Å². The molecule has 138 valence electrons. The Kier molecular flexibility index (Phi) is 4.73. The van der Waals surface area contributed by atoms with E-state index in [2.05, 4.69) is 10.3 Å². The third-order valence-electron chi connectivity index (χ3n) is 4.92. The fourth-order valence-corrected chi connectivity index (χ4v) is 3.45. The summed E-state index contributed by atoms with van der Waals surface area (Å²) in [5, 5.41) is 3.41. The SMILES string of the molecule is CC1CC(C(=O)Nc2ccc3ncn(-c4ccccc4)c(=O)c3c2)CCO1. The Balaban J connectivity index is 1.64. The van der Waals surface area contributed by atoms with E-state index in [1.165, 1.54) is 10.9 Å². The molecule has 3 aromatic rings. The normalized spacial score (nSPS) is 19.7. The minimum atomic E-state index is -0.165. The highest BCUT2D eigenvalue weighted by molar-refractivity contribution is 5.94. The lowest BCUT2D eigenvalue weighted by atomic mass is 9.95. The standard InChI is InChI=1S/C21H21N3O3/c1-14-11-15(9-10-27-14)20(25)23-16-7-8-19-18(12-16)21(26)24(13-22-19)17-5-3-2-4-6-17/h2-8,12-15H,9-11H2,1H3,(H,23,25). The predicted octanol–water partition coefficient (Wildman–Crippen LogP) is 3.14. The Morgan fingerprint density at radius 3 is 2.81 bits per heavy atom. The van der Waals surface area contributed by atoms with Crippen molar-refractivity contribution in [2.75, 3.05) is 11.9 Å². The monoisotopic (exact) mass is 363 g/mol. The molecular weight excluding hydrogens is 342 g/mol. The van der Waals surface area contributed by atoms with Crippen LogP contribution < -0.4 is 10.9 Å². The van der Waals surface area contributed by atoms with Crippen LogP contribution in [-0.4, -0.2) is 28.2 Å². The van der Waals surface area contributed by atoms with Crippen molar-refractivity contribution in [1.29, 1.82) is 0 Å². The number of hydrogen-bond acceptors (Lipinski definition) is 4. The van der Waals surface area contributed by atoms with Gasteiger partial charge in [0.25, 0.3) is 5.56 Å². The van der Waals surface area contributed by atoms with Gasteiger partial charge in [-0.2, -0.15) is 0 Å². The molecule has 2 atom stereocenters. The summed E-state index contributed by atoms with van der Waals surface area (Å²) in [4.78, 5) is 29.8. The van der Waals surface area contributed by atoms with Crippen LogP contribution in [0, 0.1) is 5.92 Å². The summed E-state index contributed by atoms with van der Waals surface area (Å²) in [5.41, 5.74) is 1.80. The number of nitrogens with one attached hydrogen (secondary N) is 1. The first-order chi connectivity index (χ1) is 13.1. The van der Waals surface area contributed by atoms with Gasteiger partial charge in [0.05, 0.1) is 22.7 Å². The van der Waals surface area contributed by atoms with Gasteiger partial charge in [0.1, 0.15) is 6.33 Å². The number of hydrogen-bond donors (Lipinski definition) is 1. The van der Waals surface area contributed by atoms with Crippen molar-refractivity contribution in [2.24, 2.45) is 5.92 Å². The smallest absolute Gasteiger partial charge is 0.265 e. The molecule has 0 aliphatic carbocycles. The Morgan fingerprint density at radius 1 is 1.22 bits per heavy atom. The molecule has 1 saturated heterocycles. The number of fused-ring (bicyclic) bond motifs is 1. The molecule has 2 heterocycles. The highest BCUT2D eigenvalue weighted by Gasteiger charge is 2.25. The van der Waals surface area contributed by atoms with E-state index in [1.807, 2.05) is 37.3 Å². The van der Waals surface area contributed by atoms with Crippen LogP contribution in [0.15, 0.2) is 59.7 Å². The third-order valence-corrected chi connectivity index (χ3v) is 4.92. The maximum absolute atomic E-state index is 12.9. The molecule has 1 N–H and O–H groups in total.